The Bertz CT molecular complexity index is 614. The number of aromatic nitrogens is 2. The number of nitrogens with zero attached hydrogens (tertiary/aromatic N) is 2. The third-order valence-corrected chi connectivity index (χ3v) is 5.87. The summed E-state index contributed by atoms with van der Waals surface area (Å²) in [5.74, 6) is 1.24. The number of aryl methyl sites for hydroxylation is 1. The average Bonchev–Trinajstić information content (AvgIpc) is 2.78. The van der Waals surface area contributed by atoms with E-state index in [1.54, 1.807) is 0 Å². The highest BCUT2D eigenvalue weighted by atomic mass is 19.4. The van der Waals surface area contributed by atoms with Gasteiger partial charge in [-0.25, -0.2) is 0 Å². The van der Waals surface area contributed by atoms with E-state index in [2.05, 4.69) is 10.4 Å². The molecule has 0 unspecified atom stereocenters. The lowest BCUT2D eigenvalue weighted by Gasteiger charge is -2.56. The van der Waals surface area contributed by atoms with Gasteiger partial charge in [-0.05, 0) is 56.3 Å². The van der Waals surface area contributed by atoms with E-state index in [1.165, 1.54) is 26.3 Å². The first kappa shape index (κ1) is 15.0. The zero-order chi connectivity index (χ0) is 16.4. The van der Waals surface area contributed by atoms with Crippen LogP contribution >= 0.6 is 0 Å². The van der Waals surface area contributed by atoms with Gasteiger partial charge in [-0.1, -0.05) is 0 Å². The summed E-state index contributed by atoms with van der Waals surface area (Å²) < 4.78 is 40.2. The molecular formula is C16H20F3N3O. The van der Waals surface area contributed by atoms with Crippen LogP contribution in [0.15, 0.2) is 6.20 Å². The zero-order valence-corrected chi connectivity index (χ0v) is 13.0. The molecule has 23 heavy (non-hydrogen) atoms. The summed E-state index contributed by atoms with van der Waals surface area (Å²) in [5, 5.41) is 6.61. The van der Waals surface area contributed by atoms with Gasteiger partial charge in [0.2, 0.25) is 0 Å². The highest BCUT2D eigenvalue weighted by Gasteiger charge is 2.52. The summed E-state index contributed by atoms with van der Waals surface area (Å²) in [4.78, 5) is 12.5. The van der Waals surface area contributed by atoms with Gasteiger partial charge in [0, 0.05) is 12.6 Å². The molecule has 4 fully saturated rings. The van der Waals surface area contributed by atoms with Crippen LogP contribution in [0.5, 0.6) is 0 Å². The van der Waals surface area contributed by atoms with Crippen LogP contribution in [0, 0.1) is 17.8 Å². The summed E-state index contributed by atoms with van der Waals surface area (Å²) in [6.07, 6.45) is 2.82. The quantitative estimate of drug-likeness (QED) is 0.907. The van der Waals surface area contributed by atoms with Crippen LogP contribution in [0.1, 0.15) is 54.6 Å². The first-order chi connectivity index (χ1) is 10.8. The Morgan fingerprint density at radius 1 is 1.22 bits per heavy atom. The van der Waals surface area contributed by atoms with Crippen LogP contribution in [0.25, 0.3) is 0 Å². The zero-order valence-electron chi connectivity index (χ0n) is 13.0. The van der Waals surface area contributed by atoms with Crippen LogP contribution in [0.4, 0.5) is 13.2 Å². The van der Waals surface area contributed by atoms with Crippen LogP contribution in [0.3, 0.4) is 0 Å². The molecule has 4 aliphatic carbocycles. The monoisotopic (exact) mass is 327 g/mol. The molecule has 4 nitrogen and oxygen atoms in total. The van der Waals surface area contributed by atoms with E-state index < -0.39 is 17.8 Å². The number of amides is 1. The van der Waals surface area contributed by atoms with Crippen molar-refractivity contribution in [3.63, 3.8) is 0 Å². The van der Waals surface area contributed by atoms with Crippen molar-refractivity contribution in [3.8, 4) is 0 Å². The molecule has 4 bridgehead atoms. The smallest absolute Gasteiger partial charge is 0.346 e. The summed E-state index contributed by atoms with van der Waals surface area (Å²) in [6, 6.07) is 0. The van der Waals surface area contributed by atoms with Gasteiger partial charge in [0.25, 0.3) is 5.91 Å². The van der Waals surface area contributed by atoms with Crippen LogP contribution in [-0.4, -0.2) is 21.2 Å². The van der Waals surface area contributed by atoms with Crippen LogP contribution in [-0.2, 0) is 13.2 Å². The minimum atomic E-state index is -4.58. The maximum absolute atomic E-state index is 13.2. The Kier molecular flexibility index (Phi) is 3.09. The Balaban J connectivity index is 1.60. The van der Waals surface area contributed by atoms with Gasteiger partial charge in [0.1, 0.15) is 0 Å². The largest absolute Gasteiger partial charge is 0.433 e. The third-order valence-electron chi connectivity index (χ3n) is 5.87. The number of hydrogen-bond donors (Lipinski definition) is 1. The summed E-state index contributed by atoms with van der Waals surface area (Å²) in [7, 11) is 1.21. The molecule has 7 heteroatoms. The highest BCUT2D eigenvalue weighted by molar-refractivity contribution is 5.95. The maximum Gasteiger partial charge on any atom is 0.433 e. The van der Waals surface area contributed by atoms with Gasteiger partial charge in [-0.15, -0.1) is 0 Å². The van der Waals surface area contributed by atoms with E-state index in [1.807, 2.05) is 0 Å². The minimum Gasteiger partial charge on any atom is -0.346 e. The number of hydrogen-bond acceptors (Lipinski definition) is 2. The SMILES string of the molecule is Cn1ncc(C(=O)NC23CC4CC(CC(C4)C2)C3)c1C(F)(F)F. The first-order valence-electron chi connectivity index (χ1n) is 8.17. The summed E-state index contributed by atoms with van der Waals surface area (Å²) in [6.45, 7) is 0. The molecule has 0 atom stereocenters. The predicted octanol–water partition coefficient (Wildman–Crippen LogP) is 3.14. The van der Waals surface area contributed by atoms with E-state index in [-0.39, 0.29) is 11.1 Å². The van der Waals surface area contributed by atoms with Crippen molar-refractivity contribution in [1.82, 2.24) is 15.1 Å². The van der Waals surface area contributed by atoms with E-state index in [0.717, 1.165) is 30.1 Å². The number of carbonyl (C=O) groups excluding carboxylic acids is 1. The third kappa shape index (κ3) is 2.44. The number of nitrogens with one attached hydrogen (secondary N) is 1. The Labute approximate surface area is 132 Å². The maximum atomic E-state index is 13.2. The van der Waals surface area contributed by atoms with Crippen molar-refractivity contribution >= 4 is 5.91 Å². The van der Waals surface area contributed by atoms with Crippen LogP contribution in [0.2, 0.25) is 0 Å². The van der Waals surface area contributed by atoms with Crippen molar-refractivity contribution in [2.45, 2.75) is 50.2 Å². The van der Waals surface area contributed by atoms with Gasteiger partial charge in [0.15, 0.2) is 5.69 Å². The Morgan fingerprint density at radius 2 is 1.74 bits per heavy atom. The fourth-order valence-electron chi connectivity index (χ4n) is 5.51. The Hall–Kier alpha value is -1.53. The van der Waals surface area contributed by atoms with Crippen molar-refractivity contribution in [1.29, 1.82) is 0 Å². The molecule has 0 spiro atoms. The lowest BCUT2D eigenvalue weighted by atomic mass is 9.53. The number of rotatable bonds is 2. The topological polar surface area (TPSA) is 46.9 Å². The Morgan fingerprint density at radius 3 is 2.22 bits per heavy atom. The number of halogens is 3. The molecule has 0 radical (unpaired) electrons. The molecule has 0 aliphatic heterocycles. The average molecular weight is 327 g/mol. The van der Waals surface area contributed by atoms with Crippen molar-refractivity contribution in [2.24, 2.45) is 24.8 Å². The van der Waals surface area contributed by atoms with E-state index in [4.69, 9.17) is 0 Å². The molecule has 0 saturated heterocycles. The standard InChI is InChI=1S/C16H20F3N3O/c1-22-13(16(17,18)19)12(8-20-22)14(23)21-15-5-9-2-10(6-15)4-11(3-9)7-15/h8-11H,2-7H2,1H3,(H,21,23). The molecular weight excluding hydrogens is 307 g/mol. The second-order valence-corrected chi connectivity index (χ2v) is 7.68. The van der Waals surface area contributed by atoms with Crippen molar-refractivity contribution < 1.29 is 18.0 Å². The molecule has 1 aromatic heterocycles. The van der Waals surface area contributed by atoms with Gasteiger partial charge in [-0.3, -0.25) is 9.48 Å². The highest BCUT2D eigenvalue weighted by Crippen LogP contribution is 2.55. The van der Waals surface area contributed by atoms with Gasteiger partial charge in [-0.2, -0.15) is 18.3 Å². The molecule has 5 rings (SSSR count). The molecule has 126 valence electrons. The van der Waals surface area contributed by atoms with Gasteiger partial charge >= 0.3 is 6.18 Å². The van der Waals surface area contributed by atoms with Crippen molar-refractivity contribution in [2.75, 3.05) is 0 Å². The second kappa shape index (κ2) is 4.74. The van der Waals surface area contributed by atoms with Crippen molar-refractivity contribution in [3.05, 3.63) is 17.5 Å². The normalized spacial score (nSPS) is 35.6. The lowest BCUT2D eigenvalue weighted by molar-refractivity contribution is -0.144. The molecule has 4 saturated carbocycles. The molecule has 1 aromatic rings. The molecule has 4 aliphatic rings. The number of alkyl halides is 3. The number of carbonyl (C=O) groups is 1. The molecule has 0 aromatic carbocycles. The molecule has 1 amide bonds. The first-order valence-corrected chi connectivity index (χ1v) is 8.17. The second-order valence-electron chi connectivity index (χ2n) is 7.68. The lowest BCUT2D eigenvalue weighted by Crippen LogP contribution is -2.59. The van der Waals surface area contributed by atoms with E-state index in [9.17, 15) is 18.0 Å². The van der Waals surface area contributed by atoms with Gasteiger partial charge in [0.05, 0.1) is 11.8 Å². The minimum absolute atomic E-state index is 0.301. The predicted molar refractivity (Wildman–Crippen MR) is 76.6 cm³/mol. The molecule has 1 heterocycles. The van der Waals surface area contributed by atoms with E-state index in [0.29, 0.717) is 17.8 Å². The summed E-state index contributed by atoms with van der Waals surface area (Å²) >= 11 is 0. The summed E-state index contributed by atoms with van der Waals surface area (Å²) in [5.41, 5.74) is -1.64. The van der Waals surface area contributed by atoms with Gasteiger partial charge < -0.3 is 5.32 Å². The van der Waals surface area contributed by atoms with E-state index >= 15 is 0 Å². The fraction of sp³-hybridized carbons (Fsp3) is 0.750. The van der Waals surface area contributed by atoms with Crippen LogP contribution < -0.4 is 5.32 Å². The molecule has 1 N–H and O–H groups in total. The fourth-order valence-corrected chi connectivity index (χ4v) is 5.51.